The molecule has 3 aromatic carbocycles. The van der Waals surface area contributed by atoms with Gasteiger partial charge in [0, 0.05) is 9.58 Å². The molecule has 0 fully saturated rings. The molecule has 0 aliphatic heterocycles. The Morgan fingerprint density at radius 2 is 1.57 bits per heavy atom. The molecule has 0 bridgehead atoms. The molecule has 1 N–H and O–H groups in total. The summed E-state index contributed by atoms with van der Waals surface area (Å²) in [5.74, 6) is 0.795. The highest BCUT2D eigenvalue weighted by Gasteiger charge is 2.14. The number of ether oxygens (including phenoxy) is 1. The van der Waals surface area contributed by atoms with Crippen LogP contribution < -0.4 is 4.74 Å². The maximum Gasteiger partial charge on any atom is 0.118 e. The lowest BCUT2D eigenvalue weighted by Crippen LogP contribution is -1.96. The first kappa shape index (κ1) is 14.2. The Kier molecular flexibility index (Phi) is 3.52. The molecule has 0 unspecified atom stereocenters. The van der Waals surface area contributed by atoms with Crippen molar-refractivity contribution in [3.05, 3.63) is 77.2 Å². The number of thiophene rings is 1. The van der Waals surface area contributed by atoms with E-state index in [1.165, 1.54) is 20.9 Å². The largest absolute Gasteiger partial charge is 0.497 e. The van der Waals surface area contributed by atoms with Crippen LogP contribution in [0.1, 0.15) is 16.5 Å². The lowest BCUT2D eigenvalue weighted by Gasteiger charge is -2.09. The third kappa shape index (κ3) is 2.58. The van der Waals surface area contributed by atoms with E-state index in [0.29, 0.717) is 0 Å². The maximum atomic E-state index is 10.7. The van der Waals surface area contributed by atoms with Crippen LogP contribution in [0.5, 0.6) is 5.75 Å². The van der Waals surface area contributed by atoms with E-state index < -0.39 is 6.10 Å². The molecule has 1 heterocycles. The van der Waals surface area contributed by atoms with Crippen LogP contribution in [-0.2, 0) is 0 Å². The van der Waals surface area contributed by atoms with Gasteiger partial charge in [0.15, 0.2) is 0 Å². The van der Waals surface area contributed by atoms with E-state index in [-0.39, 0.29) is 0 Å². The van der Waals surface area contributed by atoms with Crippen LogP contribution in [0, 0.1) is 0 Å². The van der Waals surface area contributed by atoms with Crippen molar-refractivity contribution in [2.45, 2.75) is 6.10 Å². The molecule has 1 aromatic heterocycles. The number of benzene rings is 3. The van der Waals surface area contributed by atoms with Crippen LogP contribution in [0.4, 0.5) is 0 Å². The zero-order valence-corrected chi connectivity index (χ0v) is 13.5. The smallest absolute Gasteiger partial charge is 0.118 e. The fraction of sp³-hybridized carbons (Fsp3) is 0.100. The van der Waals surface area contributed by atoms with Gasteiger partial charge in [0.05, 0.1) is 7.11 Å². The molecule has 0 saturated heterocycles. The highest BCUT2D eigenvalue weighted by molar-refractivity contribution is 7.19. The van der Waals surface area contributed by atoms with E-state index in [2.05, 4.69) is 36.4 Å². The molecular weight excluding hydrogens is 304 g/mol. The van der Waals surface area contributed by atoms with E-state index in [9.17, 15) is 5.11 Å². The number of hydrogen-bond acceptors (Lipinski definition) is 3. The van der Waals surface area contributed by atoms with E-state index in [4.69, 9.17) is 4.74 Å². The lowest BCUT2D eigenvalue weighted by atomic mass is 10.1. The molecule has 2 nitrogen and oxygen atoms in total. The van der Waals surface area contributed by atoms with Gasteiger partial charge in [-0.15, -0.1) is 11.3 Å². The van der Waals surface area contributed by atoms with Crippen LogP contribution in [-0.4, -0.2) is 12.2 Å². The van der Waals surface area contributed by atoms with Gasteiger partial charge in [-0.3, -0.25) is 0 Å². The van der Waals surface area contributed by atoms with Crippen molar-refractivity contribution >= 4 is 32.2 Å². The van der Waals surface area contributed by atoms with Gasteiger partial charge >= 0.3 is 0 Å². The summed E-state index contributed by atoms with van der Waals surface area (Å²) in [6.45, 7) is 0. The minimum atomic E-state index is -0.610. The topological polar surface area (TPSA) is 29.5 Å². The van der Waals surface area contributed by atoms with E-state index >= 15 is 0 Å². The summed E-state index contributed by atoms with van der Waals surface area (Å²) in [5, 5.41) is 14.3. The summed E-state index contributed by atoms with van der Waals surface area (Å²) in [6.07, 6.45) is -0.610. The van der Waals surface area contributed by atoms with Gasteiger partial charge in [-0.2, -0.15) is 0 Å². The van der Waals surface area contributed by atoms with Crippen LogP contribution in [0.2, 0.25) is 0 Å². The Bertz CT molecular complexity index is 917. The summed E-state index contributed by atoms with van der Waals surface area (Å²) in [5.41, 5.74) is 0.877. The second kappa shape index (κ2) is 5.69. The van der Waals surface area contributed by atoms with Gasteiger partial charge in [-0.25, -0.2) is 0 Å². The van der Waals surface area contributed by atoms with Crippen molar-refractivity contribution in [2.75, 3.05) is 7.11 Å². The summed E-state index contributed by atoms with van der Waals surface area (Å²) in [4.78, 5) is 0.959. The highest BCUT2D eigenvalue weighted by atomic mass is 32.1. The minimum absolute atomic E-state index is 0.610. The molecule has 0 aliphatic carbocycles. The Morgan fingerprint density at radius 3 is 2.26 bits per heavy atom. The van der Waals surface area contributed by atoms with Crippen LogP contribution in [0.15, 0.2) is 66.7 Å². The van der Waals surface area contributed by atoms with Crippen LogP contribution in [0.3, 0.4) is 0 Å². The van der Waals surface area contributed by atoms with Gasteiger partial charge in [-0.1, -0.05) is 36.4 Å². The van der Waals surface area contributed by atoms with Gasteiger partial charge in [-0.05, 0) is 52.1 Å². The third-order valence-corrected chi connectivity index (χ3v) is 5.26. The second-order valence-electron chi connectivity index (χ2n) is 5.56. The minimum Gasteiger partial charge on any atom is -0.497 e. The number of aliphatic hydroxyl groups is 1. The van der Waals surface area contributed by atoms with E-state index in [1.807, 2.05) is 30.3 Å². The van der Waals surface area contributed by atoms with Crippen molar-refractivity contribution in [3.8, 4) is 5.75 Å². The summed E-state index contributed by atoms with van der Waals surface area (Å²) in [6, 6.07) is 22.4. The normalized spacial score (nSPS) is 12.6. The first-order valence-corrected chi connectivity index (χ1v) is 8.30. The Hall–Kier alpha value is -2.36. The predicted molar refractivity (Wildman–Crippen MR) is 96.4 cm³/mol. The number of hydrogen-bond donors (Lipinski definition) is 1. The zero-order valence-electron chi connectivity index (χ0n) is 12.7. The molecule has 4 rings (SSSR count). The van der Waals surface area contributed by atoms with Crippen molar-refractivity contribution in [1.29, 1.82) is 0 Å². The average molecular weight is 320 g/mol. The molecule has 114 valence electrons. The summed E-state index contributed by atoms with van der Waals surface area (Å²) >= 11 is 1.64. The van der Waals surface area contributed by atoms with Gasteiger partial charge in [0.25, 0.3) is 0 Å². The first-order chi connectivity index (χ1) is 11.2. The van der Waals surface area contributed by atoms with Gasteiger partial charge in [0.2, 0.25) is 0 Å². The molecular formula is C20H16O2S. The molecule has 0 aliphatic rings. The van der Waals surface area contributed by atoms with Gasteiger partial charge in [0.1, 0.15) is 11.9 Å². The van der Waals surface area contributed by atoms with E-state index in [0.717, 1.165) is 16.2 Å². The first-order valence-electron chi connectivity index (χ1n) is 7.49. The van der Waals surface area contributed by atoms with Crippen molar-refractivity contribution < 1.29 is 9.84 Å². The van der Waals surface area contributed by atoms with Crippen molar-refractivity contribution in [3.63, 3.8) is 0 Å². The Balaban J connectivity index is 1.76. The average Bonchev–Trinajstić information content (AvgIpc) is 3.02. The van der Waals surface area contributed by atoms with E-state index in [1.54, 1.807) is 18.4 Å². The number of fused-ring (bicyclic) bond motifs is 2. The SMILES string of the molecule is COc1ccc([C@@H](O)c2cc3cc4ccccc4cc3s2)cc1. The second-order valence-corrected chi connectivity index (χ2v) is 6.68. The molecule has 0 spiro atoms. The standard InChI is InChI=1S/C20H16O2S/c1-22-17-8-6-13(7-9-17)20(21)19-12-16-10-14-4-2-3-5-15(14)11-18(16)23-19/h2-12,20-21H,1H3/t20-/m1/s1. The van der Waals surface area contributed by atoms with Crippen LogP contribution in [0.25, 0.3) is 20.9 Å². The molecule has 0 amide bonds. The quantitative estimate of drug-likeness (QED) is 0.566. The number of rotatable bonds is 3. The van der Waals surface area contributed by atoms with Gasteiger partial charge < -0.3 is 9.84 Å². The fourth-order valence-electron chi connectivity index (χ4n) is 2.83. The van der Waals surface area contributed by atoms with Crippen molar-refractivity contribution in [2.24, 2.45) is 0 Å². The molecule has 1 atom stereocenters. The molecule has 0 radical (unpaired) electrons. The molecule has 4 aromatic rings. The monoisotopic (exact) mass is 320 g/mol. The molecule has 23 heavy (non-hydrogen) atoms. The Labute approximate surface area is 138 Å². The highest BCUT2D eigenvalue weighted by Crippen LogP contribution is 2.35. The summed E-state index contributed by atoms with van der Waals surface area (Å²) < 4.78 is 6.37. The molecule has 3 heteroatoms. The zero-order chi connectivity index (χ0) is 15.8. The number of aliphatic hydroxyl groups excluding tert-OH is 1. The Morgan fingerprint density at radius 1 is 0.870 bits per heavy atom. The summed E-state index contributed by atoms with van der Waals surface area (Å²) in [7, 11) is 1.64. The third-order valence-electron chi connectivity index (χ3n) is 4.10. The van der Waals surface area contributed by atoms with Crippen LogP contribution >= 0.6 is 11.3 Å². The maximum absolute atomic E-state index is 10.7. The van der Waals surface area contributed by atoms with Crippen molar-refractivity contribution in [1.82, 2.24) is 0 Å². The molecule has 0 saturated carbocycles. The fourth-order valence-corrected chi connectivity index (χ4v) is 3.94. The number of methoxy groups -OCH3 is 1. The lowest BCUT2D eigenvalue weighted by molar-refractivity contribution is 0.224. The predicted octanol–water partition coefficient (Wildman–Crippen LogP) is 5.14.